The number of carbonyl (C=O) groups is 2. The highest BCUT2D eigenvalue weighted by Crippen LogP contribution is 2.46. The van der Waals surface area contributed by atoms with Gasteiger partial charge in [0.25, 0.3) is 0 Å². The van der Waals surface area contributed by atoms with Crippen LogP contribution in [0.4, 0.5) is 0 Å². The van der Waals surface area contributed by atoms with Crippen LogP contribution in [-0.4, -0.2) is 28.5 Å². The molecule has 0 aromatic carbocycles. The number of carboxylic acid groups (broad SMARTS) is 1. The monoisotopic (exact) mass is 366 g/mol. The second-order valence-corrected chi connectivity index (χ2v) is 8.16. The van der Waals surface area contributed by atoms with Crippen LogP contribution in [0.2, 0.25) is 0 Å². The van der Waals surface area contributed by atoms with Crippen LogP contribution in [0.3, 0.4) is 0 Å². The van der Waals surface area contributed by atoms with Crippen molar-refractivity contribution >= 4 is 17.8 Å². The molecule has 0 amide bonds. The largest absolute Gasteiger partial charge is 0.481 e. The minimum absolute atomic E-state index is 0.157. The lowest BCUT2D eigenvalue weighted by atomic mass is 9.81. The van der Waals surface area contributed by atoms with Crippen LogP contribution >= 0.6 is 0 Å². The standard InChI is InChI=1S/C17H28O2.C3H6N2O2/c1-11-6-8-14(17(4,5)19-13(3)18)10-16-12(2)7-9-15(11)16;4-2(5)1-3(6)7/h11-12,14H,6-10H2,1-5H3;1H2,(H3,4,5)(H,6,7). The third-order valence-electron chi connectivity index (χ3n) is 5.59. The highest BCUT2D eigenvalue weighted by molar-refractivity contribution is 5.93. The van der Waals surface area contributed by atoms with E-state index in [9.17, 15) is 9.59 Å². The summed E-state index contributed by atoms with van der Waals surface area (Å²) in [7, 11) is 0. The minimum Gasteiger partial charge on any atom is -0.481 e. The first-order valence-electron chi connectivity index (χ1n) is 9.40. The molecule has 6 heteroatoms. The van der Waals surface area contributed by atoms with Crippen molar-refractivity contribution in [2.45, 2.75) is 78.7 Å². The van der Waals surface area contributed by atoms with Crippen molar-refractivity contribution in [2.24, 2.45) is 23.5 Å². The molecule has 0 saturated carbocycles. The number of aliphatic carboxylic acids is 1. The summed E-state index contributed by atoms with van der Waals surface area (Å²) in [4.78, 5) is 20.9. The molecule has 0 aromatic rings. The van der Waals surface area contributed by atoms with Crippen molar-refractivity contribution in [3.63, 3.8) is 0 Å². The first-order valence-corrected chi connectivity index (χ1v) is 9.40. The van der Waals surface area contributed by atoms with E-state index in [1.54, 1.807) is 11.1 Å². The number of hydrogen-bond donors (Lipinski definition) is 3. The van der Waals surface area contributed by atoms with Gasteiger partial charge in [0, 0.05) is 12.8 Å². The van der Waals surface area contributed by atoms with E-state index in [4.69, 9.17) is 21.0 Å². The van der Waals surface area contributed by atoms with Gasteiger partial charge in [0.05, 0.1) is 0 Å². The topological polar surface area (TPSA) is 113 Å². The van der Waals surface area contributed by atoms with Crippen LogP contribution in [0.5, 0.6) is 0 Å². The molecule has 0 bridgehead atoms. The van der Waals surface area contributed by atoms with Gasteiger partial charge < -0.3 is 15.6 Å². The van der Waals surface area contributed by atoms with Crippen LogP contribution < -0.4 is 5.73 Å². The number of amidine groups is 1. The summed E-state index contributed by atoms with van der Waals surface area (Å²) in [6, 6.07) is 0. The van der Waals surface area contributed by atoms with E-state index in [1.165, 1.54) is 32.6 Å². The number of carboxylic acids is 1. The predicted molar refractivity (Wildman–Crippen MR) is 102 cm³/mol. The molecule has 0 aromatic heterocycles. The lowest BCUT2D eigenvalue weighted by molar-refractivity contribution is -0.159. The molecule has 3 atom stereocenters. The van der Waals surface area contributed by atoms with Gasteiger partial charge in [0.1, 0.15) is 17.9 Å². The summed E-state index contributed by atoms with van der Waals surface area (Å²) in [6.45, 7) is 10.4. The summed E-state index contributed by atoms with van der Waals surface area (Å²) in [5.74, 6) is 0.382. The van der Waals surface area contributed by atoms with E-state index in [0.717, 1.165) is 18.3 Å². The Labute approximate surface area is 156 Å². The zero-order valence-corrected chi connectivity index (χ0v) is 16.7. The number of carbonyl (C=O) groups excluding carboxylic acids is 1. The Morgan fingerprint density at radius 1 is 1.19 bits per heavy atom. The summed E-state index contributed by atoms with van der Waals surface area (Å²) >= 11 is 0. The van der Waals surface area contributed by atoms with Crippen molar-refractivity contribution in [1.82, 2.24) is 0 Å². The maximum Gasteiger partial charge on any atom is 0.310 e. The molecule has 0 aliphatic heterocycles. The number of ether oxygens (including phenoxy) is 1. The molecule has 4 N–H and O–H groups in total. The number of rotatable bonds is 4. The Morgan fingerprint density at radius 3 is 2.23 bits per heavy atom. The van der Waals surface area contributed by atoms with Crippen molar-refractivity contribution in [3.8, 4) is 0 Å². The van der Waals surface area contributed by atoms with Gasteiger partial charge in [-0.1, -0.05) is 25.0 Å². The Morgan fingerprint density at radius 2 is 1.77 bits per heavy atom. The van der Waals surface area contributed by atoms with Crippen LogP contribution in [0, 0.1) is 23.2 Å². The van der Waals surface area contributed by atoms with Gasteiger partial charge in [-0.05, 0) is 57.8 Å². The first kappa shape index (κ1) is 22.2. The van der Waals surface area contributed by atoms with Crippen molar-refractivity contribution in [1.29, 1.82) is 5.41 Å². The fourth-order valence-electron chi connectivity index (χ4n) is 4.12. The van der Waals surface area contributed by atoms with Gasteiger partial charge in [-0.2, -0.15) is 0 Å². The summed E-state index contributed by atoms with van der Waals surface area (Å²) in [5, 5.41) is 14.3. The van der Waals surface area contributed by atoms with Crippen LogP contribution in [0.1, 0.15) is 73.1 Å². The normalized spacial score (nSPS) is 25.5. The van der Waals surface area contributed by atoms with Gasteiger partial charge in [0.2, 0.25) is 0 Å². The van der Waals surface area contributed by atoms with E-state index in [1.807, 2.05) is 0 Å². The Balaban J connectivity index is 0.000000412. The molecule has 0 heterocycles. The van der Waals surface area contributed by atoms with Crippen molar-refractivity contribution in [2.75, 3.05) is 0 Å². The van der Waals surface area contributed by atoms with E-state index in [0.29, 0.717) is 5.92 Å². The summed E-state index contributed by atoms with van der Waals surface area (Å²) < 4.78 is 5.59. The lowest BCUT2D eigenvalue weighted by Crippen LogP contribution is -2.36. The fourth-order valence-corrected chi connectivity index (χ4v) is 4.12. The number of esters is 1. The molecule has 3 unspecified atom stereocenters. The molecule has 2 aliphatic carbocycles. The van der Waals surface area contributed by atoms with E-state index in [-0.39, 0.29) is 23.8 Å². The van der Waals surface area contributed by atoms with Crippen LogP contribution in [0.15, 0.2) is 11.1 Å². The first-order chi connectivity index (χ1) is 11.9. The maximum atomic E-state index is 11.3. The number of nitrogens with two attached hydrogens (primary N) is 1. The Hall–Kier alpha value is -1.85. The molecule has 0 fully saturated rings. The van der Waals surface area contributed by atoms with Crippen LogP contribution in [-0.2, 0) is 14.3 Å². The van der Waals surface area contributed by atoms with Gasteiger partial charge in [-0.15, -0.1) is 0 Å². The van der Waals surface area contributed by atoms with E-state index >= 15 is 0 Å². The smallest absolute Gasteiger partial charge is 0.310 e. The van der Waals surface area contributed by atoms with Gasteiger partial charge in [-0.25, -0.2) is 0 Å². The van der Waals surface area contributed by atoms with Crippen molar-refractivity contribution < 1.29 is 19.4 Å². The zero-order valence-electron chi connectivity index (χ0n) is 16.7. The predicted octanol–water partition coefficient (Wildman–Crippen LogP) is 3.89. The second kappa shape index (κ2) is 9.19. The van der Waals surface area contributed by atoms with Gasteiger partial charge in [0.15, 0.2) is 0 Å². The second-order valence-electron chi connectivity index (χ2n) is 8.16. The highest BCUT2D eigenvalue weighted by Gasteiger charge is 2.38. The molecule has 148 valence electrons. The molecule has 0 spiro atoms. The molecule has 0 saturated heterocycles. The highest BCUT2D eigenvalue weighted by atomic mass is 16.6. The Kier molecular flexibility index (Phi) is 7.85. The van der Waals surface area contributed by atoms with Crippen molar-refractivity contribution in [3.05, 3.63) is 11.1 Å². The SMILES string of the molecule is CC(=O)OC(C)(C)C1CCC(C)C2=C(C1)C(C)CC2.N=C(N)CC(=O)O. The summed E-state index contributed by atoms with van der Waals surface area (Å²) in [6.07, 6.45) is 5.78. The van der Waals surface area contributed by atoms with E-state index in [2.05, 4.69) is 27.7 Å². The molecule has 2 aliphatic rings. The minimum atomic E-state index is -1.06. The number of hydrogen-bond acceptors (Lipinski definition) is 4. The molecule has 26 heavy (non-hydrogen) atoms. The third kappa shape index (κ3) is 6.46. The third-order valence-corrected chi connectivity index (χ3v) is 5.59. The molecule has 0 radical (unpaired) electrons. The molecule has 2 rings (SSSR count). The van der Waals surface area contributed by atoms with Gasteiger partial charge in [-0.3, -0.25) is 15.0 Å². The average Bonchev–Trinajstić information content (AvgIpc) is 2.71. The average molecular weight is 367 g/mol. The molecular weight excluding hydrogens is 332 g/mol. The quantitative estimate of drug-likeness (QED) is 0.302. The molecular formula is C20H34N2O4. The maximum absolute atomic E-state index is 11.3. The van der Waals surface area contributed by atoms with E-state index < -0.39 is 5.97 Å². The van der Waals surface area contributed by atoms with Crippen LogP contribution in [0.25, 0.3) is 0 Å². The summed E-state index contributed by atoms with van der Waals surface area (Å²) in [5.41, 5.74) is 7.75. The molecule has 6 nitrogen and oxygen atoms in total. The van der Waals surface area contributed by atoms with Gasteiger partial charge >= 0.3 is 11.9 Å². The Bertz CT molecular complexity index is 568. The zero-order chi connectivity index (χ0) is 20.1. The fraction of sp³-hybridized carbons (Fsp3) is 0.750. The lowest BCUT2D eigenvalue weighted by Gasteiger charge is -2.34. The number of nitrogens with one attached hydrogen (secondary N) is 1. The number of allylic oxidation sites excluding steroid dienone is 2.